The van der Waals surface area contributed by atoms with Crippen LogP contribution in [-0.2, 0) is 16.1 Å². The Morgan fingerprint density at radius 3 is 2.65 bits per heavy atom. The van der Waals surface area contributed by atoms with E-state index in [0.29, 0.717) is 6.42 Å². The summed E-state index contributed by atoms with van der Waals surface area (Å²) in [5.74, 6) is -1.92. The lowest BCUT2D eigenvalue weighted by Crippen LogP contribution is -2.43. The molecule has 9 nitrogen and oxygen atoms in total. The van der Waals surface area contributed by atoms with Crippen molar-refractivity contribution >= 4 is 17.7 Å². The van der Waals surface area contributed by atoms with Crippen molar-refractivity contribution < 1.29 is 19.6 Å². The smallest absolute Gasteiger partial charge is 0.389 e. The Balaban J connectivity index is 2.60. The number of rotatable bonds is 7. The molecule has 20 heavy (non-hydrogen) atoms. The van der Waals surface area contributed by atoms with E-state index in [4.69, 9.17) is 5.11 Å². The van der Waals surface area contributed by atoms with E-state index >= 15 is 0 Å². The standard InChI is InChI=1S/C11H16N4O5/c1-7(2)5-8(11(17)18)12-10(16)6-14-4-3-9(13-14)15(19)20/h3-4,7-8H,5-6H2,1-2H3,(H,12,16)(H,17,18)/t8-/m1/s1. The summed E-state index contributed by atoms with van der Waals surface area (Å²) in [4.78, 5) is 32.4. The van der Waals surface area contributed by atoms with E-state index in [1.165, 1.54) is 6.20 Å². The number of aliphatic carboxylic acids is 1. The molecule has 9 heteroatoms. The van der Waals surface area contributed by atoms with Crippen LogP contribution < -0.4 is 5.32 Å². The maximum atomic E-state index is 11.7. The third-order valence-corrected chi connectivity index (χ3v) is 2.46. The second-order valence-corrected chi connectivity index (χ2v) is 4.72. The summed E-state index contributed by atoms with van der Waals surface area (Å²) in [5.41, 5.74) is 0. The molecule has 0 aromatic carbocycles. The molecular formula is C11H16N4O5. The van der Waals surface area contributed by atoms with E-state index in [0.717, 1.165) is 10.7 Å². The molecule has 0 saturated carbocycles. The highest BCUT2D eigenvalue weighted by Gasteiger charge is 2.22. The van der Waals surface area contributed by atoms with Crippen molar-refractivity contribution in [3.05, 3.63) is 22.4 Å². The van der Waals surface area contributed by atoms with Gasteiger partial charge >= 0.3 is 11.8 Å². The molecule has 0 aliphatic rings. The highest BCUT2D eigenvalue weighted by atomic mass is 16.6. The van der Waals surface area contributed by atoms with Gasteiger partial charge in [0.25, 0.3) is 0 Å². The molecule has 0 fully saturated rings. The average Bonchev–Trinajstić information content (AvgIpc) is 2.75. The quantitative estimate of drug-likeness (QED) is 0.551. The molecule has 0 unspecified atom stereocenters. The number of hydrogen-bond acceptors (Lipinski definition) is 5. The van der Waals surface area contributed by atoms with Gasteiger partial charge in [0.1, 0.15) is 12.6 Å². The van der Waals surface area contributed by atoms with Crippen LogP contribution in [0.3, 0.4) is 0 Å². The molecule has 1 aromatic heterocycles. The molecule has 0 radical (unpaired) electrons. The van der Waals surface area contributed by atoms with Crippen molar-refractivity contribution in [3.8, 4) is 0 Å². The van der Waals surface area contributed by atoms with Gasteiger partial charge in [-0.1, -0.05) is 13.8 Å². The topological polar surface area (TPSA) is 127 Å². The number of carbonyl (C=O) groups is 2. The van der Waals surface area contributed by atoms with E-state index in [1.807, 2.05) is 13.8 Å². The molecule has 1 aromatic rings. The number of carbonyl (C=O) groups excluding carboxylic acids is 1. The lowest BCUT2D eigenvalue weighted by molar-refractivity contribution is -0.389. The van der Waals surface area contributed by atoms with Crippen molar-refractivity contribution in [2.45, 2.75) is 32.9 Å². The average molecular weight is 284 g/mol. The van der Waals surface area contributed by atoms with Crippen LogP contribution in [0.1, 0.15) is 20.3 Å². The largest absolute Gasteiger partial charge is 0.480 e. The normalized spacial score (nSPS) is 12.2. The van der Waals surface area contributed by atoms with Crippen molar-refractivity contribution in [1.82, 2.24) is 15.1 Å². The Bertz CT molecular complexity index is 511. The molecule has 0 aliphatic heterocycles. The first-order valence-corrected chi connectivity index (χ1v) is 5.99. The summed E-state index contributed by atoms with van der Waals surface area (Å²) in [6.07, 6.45) is 1.59. The summed E-state index contributed by atoms with van der Waals surface area (Å²) >= 11 is 0. The number of nitrogens with one attached hydrogen (secondary N) is 1. The van der Waals surface area contributed by atoms with E-state index < -0.39 is 22.8 Å². The molecule has 0 spiro atoms. The lowest BCUT2D eigenvalue weighted by atomic mass is 10.0. The Labute approximate surface area is 114 Å². The number of nitrogens with zero attached hydrogens (tertiary/aromatic N) is 3. The number of nitro groups is 1. The van der Waals surface area contributed by atoms with Crippen LogP contribution in [0.2, 0.25) is 0 Å². The van der Waals surface area contributed by atoms with Gasteiger partial charge in [-0.05, 0) is 17.3 Å². The predicted molar refractivity (Wildman–Crippen MR) is 67.9 cm³/mol. The highest BCUT2D eigenvalue weighted by molar-refractivity contribution is 5.83. The molecule has 110 valence electrons. The Kier molecular flexibility index (Phi) is 5.18. The van der Waals surface area contributed by atoms with Gasteiger partial charge in [0.05, 0.1) is 17.4 Å². The molecule has 1 rings (SSSR count). The maximum absolute atomic E-state index is 11.7. The highest BCUT2D eigenvalue weighted by Crippen LogP contribution is 2.06. The van der Waals surface area contributed by atoms with E-state index in [2.05, 4.69) is 10.4 Å². The third kappa shape index (κ3) is 4.67. The van der Waals surface area contributed by atoms with Gasteiger partial charge in [-0.15, -0.1) is 0 Å². The zero-order valence-electron chi connectivity index (χ0n) is 11.1. The van der Waals surface area contributed by atoms with Gasteiger partial charge in [0.2, 0.25) is 5.91 Å². The zero-order chi connectivity index (χ0) is 15.3. The first-order valence-electron chi connectivity index (χ1n) is 5.99. The van der Waals surface area contributed by atoms with Crippen LogP contribution in [0.15, 0.2) is 12.3 Å². The fraction of sp³-hybridized carbons (Fsp3) is 0.545. The molecule has 1 amide bonds. The minimum atomic E-state index is -1.11. The predicted octanol–water partition coefficient (Wildman–Crippen LogP) is 0.407. The summed E-state index contributed by atoms with van der Waals surface area (Å²) < 4.78 is 1.09. The summed E-state index contributed by atoms with van der Waals surface area (Å²) in [7, 11) is 0. The van der Waals surface area contributed by atoms with E-state index in [1.54, 1.807) is 0 Å². The van der Waals surface area contributed by atoms with Crippen molar-refractivity contribution in [3.63, 3.8) is 0 Å². The van der Waals surface area contributed by atoms with Gasteiger partial charge < -0.3 is 20.5 Å². The minimum Gasteiger partial charge on any atom is -0.480 e. The Morgan fingerprint density at radius 1 is 1.55 bits per heavy atom. The van der Waals surface area contributed by atoms with Crippen molar-refractivity contribution in [1.29, 1.82) is 0 Å². The van der Waals surface area contributed by atoms with Crippen LogP contribution in [0, 0.1) is 16.0 Å². The fourth-order valence-electron chi connectivity index (χ4n) is 1.62. The van der Waals surface area contributed by atoms with Crippen LogP contribution >= 0.6 is 0 Å². The second kappa shape index (κ2) is 6.64. The number of amides is 1. The Hall–Kier alpha value is -2.45. The summed E-state index contributed by atoms with van der Waals surface area (Å²) in [6, 6.07) is 0.184. The van der Waals surface area contributed by atoms with Gasteiger partial charge in [-0.3, -0.25) is 4.79 Å². The van der Waals surface area contributed by atoms with Crippen LogP contribution in [0.25, 0.3) is 0 Å². The molecule has 1 atom stereocenters. The lowest BCUT2D eigenvalue weighted by Gasteiger charge is -2.15. The monoisotopic (exact) mass is 284 g/mol. The number of hydrogen-bond donors (Lipinski definition) is 2. The Morgan fingerprint density at radius 2 is 2.20 bits per heavy atom. The molecule has 1 heterocycles. The van der Waals surface area contributed by atoms with E-state index in [-0.39, 0.29) is 18.3 Å². The molecule has 0 bridgehead atoms. The minimum absolute atomic E-state index is 0.113. The molecule has 2 N–H and O–H groups in total. The van der Waals surface area contributed by atoms with Gasteiger partial charge in [-0.2, -0.15) is 4.68 Å². The molecule has 0 aliphatic carbocycles. The fourth-order valence-corrected chi connectivity index (χ4v) is 1.62. The second-order valence-electron chi connectivity index (χ2n) is 4.72. The summed E-state index contributed by atoms with van der Waals surface area (Å²) in [5, 5.41) is 25.4. The van der Waals surface area contributed by atoms with Crippen LogP contribution in [0.4, 0.5) is 5.82 Å². The number of carboxylic acid groups (broad SMARTS) is 1. The van der Waals surface area contributed by atoms with Gasteiger partial charge in [0, 0.05) is 0 Å². The number of carboxylic acids is 1. The van der Waals surface area contributed by atoms with Crippen LogP contribution in [0.5, 0.6) is 0 Å². The maximum Gasteiger partial charge on any atom is 0.389 e. The molecule has 0 saturated heterocycles. The van der Waals surface area contributed by atoms with E-state index in [9.17, 15) is 19.7 Å². The summed E-state index contributed by atoms with van der Waals surface area (Å²) in [6.45, 7) is 3.42. The third-order valence-electron chi connectivity index (χ3n) is 2.46. The zero-order valence-corrected chi connectivity index (χ0v) is 11.1. The van der Waals surface area contributed by atoms with Crippen molar-refractivity contribution in [2.75, 3.05) is 0 Å². The first-order chi connectivity index (χ1) is 9.29. The van der Waals surface area contributed by atoms with Crippen molar-refractivity contribution in [2.24, 2.45) is 5.92 Å². The first kappa shape index (κ1) is 15.6. The van der Waals surface area contributed by atoms with Gasteiger partial charge in [-0.25, -0.2) is 4.79 Å². The molecular weight excluding hydrogens is 268 g/mol. The number of aromatic nitrogens is 2. The van der Waals surface area contributed by atoms with Crippen LogP contribution in [-0.4, -0.2) is 37.7 Å². The SMILES string of the molecule is CC(C)C[C@@H](NC(=O)Cn1ccc([N+](=O)[O-])n1)C(=O)O. The van der Waals surface area contributed by atoms with Gasteiger partial charge in [0.15, 0.2) is 0 Å².